The quantitative estimate of drug-likeness (QED) is 0.776. The Balaban J connectivity index is 2.87. The van der Waals surface area contributed by atoms with Crippen LogP contribution >= 0.6 is 0 Å². The molecule has 0 unspecified atom stereocenters. The molecule has 86 valence electrons. The Hall–Kier alpha value is -1.77. The number of ether oxygens (including phenoxy) is 1. The van der Waals surface area contributed by atoms with Crippen LogP contribution in [0.5, 0.6) is 5.75 Å². The molecule has 0 radical (unpaired) electrons. The minimum Gasteiger partial charge on any atom is -0.490 e. The summed E-state index contributed by atoms with van der Waals surface area (Å²) in [5.74, 6) is -0.243. The number of rotatable bonds is 5. The van der Waals surface area contributed by atoms with Crippen molar-refractivity contribution in [2.45, 2.75) is 26.4 Å². The van der Waals surface area contributed by atoms with Crippen molar-refractivity contribution >= 4 is 12.0 Å². The van der Waals surface area contributed by atoms with E-state index < -0.39 is 5.97 Å². The molecule has 0 amide bonds. The minimum atomic E-state index is -0.960. The number of aliphatic carboxylic acids is 1. The molecule has 1 N–H and O–H groups in total. The standard InChI is InChI=1S/C13H16O3/c1-3-10(2)16-12-7-5-4-6-11(12)8-9-13(14)15/h4-10H,3H2,1-2H3,(H,14,15)/b9-8+/t10-/m0/s1. The molecule has 3 nitrogen and oxygen atoms in total. The summed E-state index contributed by atoms with van der Waals surface area (Å²) in [6.07, 6.45) is 3.69. The lowest BCUT2D eigenvalue weighted by molar-refractivity contribution is -0.131. The van der Waals surface area contributed by atoms with Gasteiger partial charge in [0.25, 0.3) is 0 Å². The van der Waals surface area contributed by atoms with Crippen molar-refractivity contribution in [1.82, 2.24) is 0 Å². The normalized spacial score (nSPS) is 12.6. The SMILES string of the molecule is CC[C@H](C)Oc1ccccc1/C=C/C(=O)O. The Morgan fingerprint density at radius 1 is 1.50 bits per heavy atom. The molecule has 0 saturated heterocycles. The Morgan fingerprint density at radius 2 is 2.19 bits per heavy atom. The highest BCUT2D eigenvalue weighted by Crippen LogP contribution is 2.21. The molecule has 1 aromatic rings. The third-order valence-electron chi connectivity index (χ3n) is 2.23. The second-order valence-corrected chi connectivity index (χ2v) is 3.55. The lowest BCUT2D eigenvalue weighted by Gasteiger charge is -2.14. The number of carboxylic acids is 1. The number of carboxylic acid groups (broad SMARTS) is 1. The third kappa shape index (κ3) is 3.77. The molecular formula is C13H16O3. The van der Waals surface area contributed by atoms with Crippen LogP contribution in [-0.2, 0) is 4.79 Å². The van der Waals surface area contributed by atoms with Gasteiger partial charge in [0.15, 0.2) is 0 Å². The van der Waals surface area contributed by atoms with Gasteiger partial charge in [-0.1, -0.05) is 25.1 Å². The first-order valence-electron chi connectivity index (χ1n) is 5.30. The summed E-state index contributed by atoms with van der Waals surface area (Å²) in [5.41, 5.74) is 0.783. The van der Waals surface area contributed by atoms with E-state index in [4.69, 9.17) is 9.84 Å². The molecular weight excluding hydrogens is 204 g/mol. The lowest BCUT2D eigenvalue weighted by atomic mass is 10.2. The Bertz CT molecular complexity index is 383. The van der Waals surface area contributed by atoms with Gasteiger partial charge in [0.1, 0.15) is 5.75 Å². The van der Waals surface area contributed by atoms with E-state index >= 15 is 0 Å². The van der Waals surface area contributed by atoms with Gasteiger partial charge in [-0.25, -0.2) is 4.79 Å². The fraction of sp³-hybridized carbons (Fsp3) is 0.308. The maximum atomic E-state index is 10.4. The van der Waals surface area contributed by atoms with Crippen LogP contribution < -0.4 is 4.74 Å². The molecule has 0 aliphatic rings. The summed E-state index contributed by atoms with van der Waals surface area (Å²) in [7, 11) is 0. The van der Waals surface area contributed by atoms with Crippen molar-refractivity contribution in [1.29, 1.82) is 0 Å². The third-order valence-corrected chi connectivity index (χ3v) is 2.23. The second-order valence-electron chi connectivity index (χ2n) is 3.55. The monoisotopic (exact) mass is 220 g/mol. The molecule has 0 aliphatic carbocycles. The van der Waals surface area contributed by atoms with Gasteiger partial charge < -0.3 is 9.84 Å². The molecule has 3 heteroatoms. The number of hydrogen-bond acceptors (Lipinski definition) is 2. The molecule has 0 fully saturated rings. The van der Waals surface area contributed by atoms with Crippen LogP contribution in [0.15, 0.2) is 30.3 Å². The van der Waals surface area contributed by atoms with Gasteiger partial charge in [0.2, 0.25) is 0 Å². The van der Waals surface area contributed by atoms with Crippen LogP contribution in [0.25, 0.3) is 6.08 Å². The summed E-state index contributed by atoms with van der Waals surface area (Å²) in [4.78, 5) is 10.4. The zero-order valence-electron chi connectivity index (χ0n) is 9.51. The highest BCUT2D eigenvalue weighted by Gasteiger charge is 2.04. The van der Waals surface area contributed by atoms with Gasteiger partial charge in [0, 0.05) is 11.6 Å². The zero-order chi connectivity index (χ0) is 12.0. The summed E-state index contributed by atoms with van der Waals surface area (Å²) < 4.78 is 5.68. The van der Waals surface area contributed by atoms with Crippen LogP contribution in [0.1, 0.15) is 25.8 Å². The average Bonchev–Trinajstić information content (AvgIpc) is 2.27. The van der Waals surface area contributed by atoms with Gasteiger partial charge in [-0.05, 0) is 25.5 Å². The fourth-order valence-electron chi connectivity index (χ4n) is 1.19. The molecule has 0 saturated carbocycles. The molecule has 1 rings (SSSR count). The van der Waals surface area contributed by atoms with E-state index in [1.54, 1.807) is 6.08 Å². The maximum absolute atomic E-state index is 10.4. The summed E-state index contributed by atoms with van der Waals surface area (Å²) in [6, 6.07) is 7.39. The predicted octanol–water partition coefficient (Wildman–Crippen LogP) is 2.96. The van der Waals surface area contributed by atoms with Crippen LogP contribution in [0.4, 0.5) is 0 Å². The van der Waals surface area contributed by atoms with Crippen LogP contribution in [0.3, 0.4) is 0 Å². The molecule has 1 atom stereocenters. The molecule has 0 spiro atoms. The predicted molar refractivity (Wildman–Crippen MR) is 63.5 cm³/mol. The van der Waals surface area contributed by atoms with E-state index in [9.17, 15) is 4.79 Å². The summed E-state index contributed by atoms with van der Waals surface area (Å²) in [6.45, 7) is 4.03. The Morgan fingerprint density at radius 3 is 2.81 bits per heavy atom. The molecule has 0 aromatic heterocycles. The number of benzene rings is 1. The zero-order valence-corrected chi connectivity index (χ0v) is 9.51. The van der Waals surface area contributed by atoms with Crippen LogP contribution in [0, 0.1) is 0 Å². The van der Waals surface area contributed by atoms with Crippen molar-refractivity contribution in [3.8, 4) is 5.75 Å². The average molecular weight is 220 g/mol. The molecule has 0 aliphatic heterocycles. The minimum absolute atomic E-state index is 0.124. The summed E-state index contributed by atoms with van der Waals surface area (Å²) in [5, 5.41) is 8.57. The molecule has 0 bridgehead atoms. The Kier molecular flexibility index (Phi) is 4.58. The lowest BCUT2D eigenvalue weighted by Crippen LogP contribution is -2.10. The van der Waals surface area contributed by atoms with Crippen molar-refractivity contribution in [2.24, 2.45) is 0 Å². The first kappa shape index (κ1) is 12.3. The van der Waals surface area contributed by atoms with E-state index in [-0.39, 0.29) is 6.10 Å². The topological polar surface area (TPSA) is 46.5 Å². The van der Waals surface area contributed by atoms with Gasteiger partial charge >= 0.3 is 5.97 Å². The molecule has 0 heterocycles. The first-order valence-corrected chi connectivity index (χ1v) is 5.30. The van der Waals surface area contributed by atoms with E-state index in [2.05, 4.69) is 0 Å². The van der Waals surface area contributed by atoms with Crippen LogP contribution in [-0.4, -0.2) is 17.2 Å². The van der Waals surface area contributed by atoms with E-state index in [0.717, 1.165) is 18.1 Å². The fourth-order valence-corrected chi connectivity index (χ4v) is 1.19. The van der Waals surface area contributed by atoms with Crippen LogP contribution in [0.2, 0.25) is 0 Å². The van der Waals surface area contributed by atoms with E-state index in [1.165, 1.54) is 0 Å². The van der Waals surface area contributed by atoms with Gasteiger partial charge in [-0.15, -0.1) is 0 Å². The Labute approximate surface area is 95.4 Å². The van der Waals surface area contributed by atoms with Gasteiger partial charge in [-0.3, -0.25) is 0 Å². The van der Waals surface area contributed by atoms with Crippen molar-refractivity contribution in [2.75, 3.05) is 0 Å². The van der Waals surface area contributed by atoms with Gasteiger partial charge in [0.05, 0.1) is 6.10 Å². The van der Waals surface area contributed by atoms with Gasteiger partial charge in [-0.2, -0.15) is 0 Å². The van der Waals surface area contributed by atoms with E-state index in [0.29, 0.717) is 5.75 Å². The van der Waals surface area contributed by atoms with Crippen molar-refractivity contribution < 1.29 is 14.6 Å². The smallest absolute Gasteiger partial charge is 0.328 e. The largest absolute Gasteiger partial charge is 0.490 e. The number of para-hydroxylation sites is 1. The number of carbonyl (C=O) groups is 1. The second kappa shape index (κ2) is 5.95. The van der Waals surface area contributed by atoms with Crippen molar-refractivity contribution in [3.63, 3.8) is 0 Å². The maximum Gasteiger partial charge on any atom is 0.328 e. The molecule has 16 heavy (non-hydrogen) atoms. The van der Waals surface area contributed by atoms with E-state index in [1.807, 2.05) is 38.1 Å². The summed E-state index contributed by atoms with van der Waals surface area (Å²) >= 11 is 0. The highest BCUT2D eigenvalue weighted by atomic mass is 16.5. The molecule has 1 aromatic carbocycles. The first-order chi connectivity index (χ1) is 7.63. The highest BCUT2D eigenvalue weighted by molar-refractivity contribution is 5.85. The number of hydrogen-bond donors (Lipinski definition) is 1. The van der Waals surface area contributed by atoms with Crippen molar-refractivity contribution in [3.05, 3.63) is 35.9 Å².